The molecule has 1 unspecified atom stereocenters. The predicted octanol–water partition coefficient (Wildman–Crippen LogP) is 2.64. The maximum absolute atomic E-state index is 11.9. The van der Waals surface area contributed by atoms with Crippen LogP contribution in [-0.4, -0.2) is 32.8 Å². The molecular formula is C20H21ClN7OS+. The number of aryl methyl sites for hydroxylation is 1. The molecule has 8 nitrogen and oxygen atoms in total. The number of halogens is 1. The molecule has 4 N–H and O–H groups in total. The van der Waals surface area contributed by atoms with Gasteiger partial charge in [-0.1, -0.05) is 0 Å². The summed E-state index contributed by atoms with van der Waals surface area (Å²) in [6.45, 7) is 2.59. The zero-order chi connectivity index (χ0) is 20.7. The smallest absolute Gasteiger partial charge is 0.234 e. The fourth-order valence-electron chi connectivity index (χ4n) is 3.31. The highest BCUT2D eigenvalue weighted by Crippen LogP contribution is 2.31. The van der Waals surface area contributed by atoms with E-state index in [0.717, 1.165) is 51.5 Å². The van der Waals surface area contributed by atoms with Crippen molar-refractivity contribution in [2.75, 3.05) is 17.2 Å². The normalized spacial score (nSPS) is 20.3. The minimum atomic E-state index is 0.116. The van der Waals surface area contributed by atoms with Gasteiger partial charge in [-0.3, -0.25) is 19.5 Å². The third kappa shape index (κ3) is 4.09. The molecule has 1 aromatic carbocycles. The van der Waals surface area contributed by atoms with Gasteiger partial charge in [0.15, 0.2) is 5.82 Å². The molecule has 1 saturated carbocycles. The van der Waals surface area contributed by atoms with Crippen LogP contribution < -0.4 is 15.5 Å². The molecule has 3 heterocycles. The molecule has 0 bridgehead atoms. The first-order valence-electron chi connectivity index (χ1n) is 9.72. The van der Waals surface area contributed by atoms with E-state index in [1.54, 1.807) is 18.1 Å². The van der Waals surface area contributed by atoms with Gasteiger partial charge in [-0.15, -0.1) is 0 Å². The summed E-state index contributed by atoms with van der Waals surface area (Å²) in [5.41, 5.74) is 1.80. The largest absolute Gasteiger partial charge is 0.326 e. The van der Waals surface area contributed by atoms with Crippen molar-refractivity contribution < 1.29 is 9.69 Å². The number of aliphatic imine (C=N–C) groups is 1. The minimum Gasteiger partial charge on any atom is -0.326 e. The Labute approximate surface area is 183 Å². The lowest BCUT2D eigenvalue weighted by molar-refractivity contribution is -0.707. The van der Waals surface area contributed by atoms with E-state index < -0.39 is 0 Å². The Morgan fingerprint density at radius 2 is 2.13 bits per heavy atom. The number of quaternary nitrogens is 1. The lowest BCUT2D eigenvalue weighted by atomic mass is 10.3. The van der Waals surface area contributed by atoms with Gasteiger partial charge in [0.05, 0.1) is 6.20 Å². The van der Waals surface area contributed by atoms with Crippen molar-refractivity contribution in [3.05, 3.63) is 59.4 Å². The Morgan fingerprint density at radius 3 is 2.83 bits per heavy atom. The number of benzene rings is 1. The summed E-state index contributed by atoms with van der Waals surface area (Å²) in [5, 5.41) is 14.1. The highest BCUT2D eigenvalue weighted by Gasteiger charge is 2.37. The number of aromatic nitrogens is 2. The van der Waals surface area contributed by atoms with Crippen LogP contribution in [-0.2, 0) is 4.79 Å². The van der Waals surface area contributed by atoms with E-state index in [0.29, 0.717) is 11.7 Å². The number of carbonyl (C=O) groups is 1. The predicted molar refractivity (Wildman–Crippen MR) is 118 cm³/mol. The van der Waals surface area contributed by atoms with Crippen molar-refractivity contribution >= 4 is 46.8 Å². The van der Waals surface area contributed by atoms with Crippen molar-refractivity contribution in [2.45, 2.75) is 24.7 Å². The Hall–Kier alpha value is -2.75. The quantitative estimate of drug-likeness (QED) is 0.408. The first kappa shape index (κ1) is 19.2. The molecule has 10 heteroatoms. The van der Waals surface area contributed by atoms with Crippen LogP contribution in [0.1, 0.15) is 18.5 Å². The van der Waals surface area contributed by atoms with Gasteiger partial charge >= 0.3 is 0 Å². The van der Waals surface area contributed by atoms with Gasteiger partial charge in [0, 0.05) is 28.3 Å². The summed E-state index contributed by atoms with van der Waals surface area (Å²) in [6.07, 6.45) is 5.70. The van der Waals surface area contributed by atoms with Gasteiger partial charge in [-0.05, 0) is 67.6 Å². The van der Waals surface area contributed by atoms with E-state index in [1.165, 1.54) is 0 Å². The van der Waals surface area contributed by atoms with Crippen molar-refractivity contribution in [1.82, 2.24) is 14.5 Å². The van der Waals surface area contributed by atoms with E-state index in [-0.39, 0.29) is 11.8 Å². The number of carbonyl (C=O) groups excluding carboxylic acids is 1. The van der Waals surface area contributed by atoms with Crippen LogP contribution in [0.15, 0.2) is 63.6 Å². The summed E-state index contributed by atoms with van der Waals surface area (Å²) in [5.74, 6) is 2.80. The second-order valence-electron chi connectivity index (χ2n) is 7.49. The highest BCUT2D eigenvalue weighted by atomic mass is 35.5. The van der Waals surface area contributed by atoms with Crippen LogP contribution in [0, 0.1) is 12.8 Å². The zero-order valence-electron chi connectivity index (χ0n) is 16.3. The van der Waals surface area contributed by atoms with Crippen molar-refractivity contribution in [2.24, 2.45) is 10.9 Å². The zero-order valence-corrected chi connectivity index (χ0v) is 17.8. The number of amidine groups is 1. The number of hydrogen-bond acceptors (Lipinski definition) is 6. The molecule has 0 radical (unpaired) electrons. The maximum Gasteiger partial charge on any atom is 0.234 e. The van der Waals surface area contributed by atoms with Crippen LogP contribution in [0.3, 0.4) is 0 Å². The number of hydrogen-bond donors (Lipinski definition) is 4. The van der Waals surface area contributed by atoms with Gasteiger partial charge in [0.25, 0.3) is 0 Å². The molecule has 1 atom stereocenters. The number of H-pyrrole nitrogens is 1. The van der Waals surface area contributed by atoms with Crippen LogP contribution >= 0.6 is 23.5 Å². The molecule has 154 valence electrons. The molecule has 1 aliphatic carbocycles. The molecule has 1 fully saturated rings. The van der Waals surface area contributed by atoms with Crippen molar-refractivity contribution in [1.29, 1.82) is 0 Å². The first-order valence-corrected chi connectivity index (χ1v) is 10.9. The summed E-state index contributed by atoms with van der Waals surface area (Å²) < 4.78 is 2.10. The fraction of sp³-hybridized carbons (Fsp3) is 0.250. The Morgan fingerprint density at radius 1 is 1.33 bits per heavy atom. The number of nitrogens with zero attached hydrogens (tertiary/aromatic N) is 3. The van der Waals surface area contributed by atoms with Crippen LogP contribution in [0.5, 0.6) is 0 Å². The molecule has 2 aromatic rings. The van der Waals surface area contributed by atoms with Gasteiger partial charge < -0.3 is 5.32 Å². The molecule has 2 aliphatic heterocycles. The van der Waals surface area contributed by atoms with Crippen molar-refractivity contribution in [3.63, 3.8) is 0 Å². The standard InChI is InChI=1S/C20H20ClN7OS/c1-12-8-17(26-25-12)24-19-11-27(10-18-22-9-16(21)28(18)19)30-15-6-4-14(5-7-15)23-20(29)13-2-3-13/h4-9,11,13H,2-3,10H2,1H3,(H,23,29)(H2,24,25,26)/p+1. The lowest BCUT2D eigenvalue weighted by Crippen LogP contribution is -3.12. The highest BCUT2D eigenvalue weighted by molar-refractivity contribution is 7.97. The molecule has 0 saturated heterocycles. The minimum absolute atomic E-state index is 0.116. The van der Waals surface area contributed by atoms with E-state index in [2.05, 4.69) is 30.1 Å². The Balaban J connectivity index is 1.31. The van der Waals surface area contributed by atoms with Crippen molar-refractivity contribution in [3.8, 4) is 0 Å². The van der Waals surface area contributed by atoms with Crippen LogP contribution in [0.25, 0.3) is 0 Å². The average molecular weight is 443 g/mol. The molecule has 5 rings (SSSR count). The Bertz CT molecular complexity index is 1070. The number of amides is 1. The summed E-state index contributed by atoms with van der Waals surface area (Å²) in [6, 6.07) is 9.82. The van der Waals surface area contributed by atoms with Gasteiger partial charge in [0.1, 0.15) is 12.7 Å². The van der Waals surface area contributed by atoms with E-state index in [1.807, 2.05) is 43.5 Å². The van der Waals surface area contributed by atoms with Crippen LogP contribution in [0.4, 0.5) is 11.5 Å². The SMILES string of the molecule is Cc1cc(NC2=CN(Sc3ccc(NC(=O)C4CC4)cc3)CC3=NC=C(Cl)[NH+]23)n[nH]1. The lowest BCUT2D eigenvalue weighted by Gasteiger charge is -2.28. The second-order valence-corrected chi connectivity index (χ2v) is 9.02. The first-order chi connectivity index (χ1) is 14.5. The third-order valence-corrected chi connectivity index (χ3v) is 6.21. The number of nitrogens with one attached hydrogen (secondary N) is 4. The molecule has 1 amide bonds. The third-order valence-electron chi connectivity index (χ3n) is 4.97. The molecule has 0 spiro atoms. The molecule has 3 aliphatic rings. The summed E-state index contributed by atoms with van der Waals surface area (Å²) in [7, 11) is 0. The van der Waals surface area contributed by atoms with E-state index in [4.69, 9.17) is 11.6 Å². The van der Waals surface area contributed by atoms with Gasteiger partial charge in [-0.2, -0.15) is 15.0 Å². The monoisotopic (exact) mass is 442 g/mol. The number of anilines is 2. The molecule has 30 heavy (non-hydrogen) atoms. The van der Waals surface area contributed by atoms with E-state index in [9.17, 15) is 4.79 Å². The van der Waals surface area contributed by atoms with E-state index >= 15 is 0 Å². The maximum atomic E-state index is 11.9. The average Bonchev–Trinajstić information content (AvgIpc) is 3.41. The summed E-state index contributed by atoms with van der Waals surface area (Å²) in [4.78, 5) is 18.4. The molecule has 1 aromatic heterocycles. The fourth-order valence-corrected chi connectivity index (χ4v) is 4.44. The number of aromatic amines is 1. The van der Waals surface area contributed by atoms with Crippen LogP contribution in [0.2, 0.25) is 0 Å². The number of rotatable bonds is 6. The topological polar surface area (TPSA) is 89.8 Å². The Kier molecular flexibility index (Phi) is 5.01. The van der Waals surface area contributed by atoms with Gasteiger partial charge in [0.2, 0.25) is 22.7 Å². The second kappa shape index (κ2) is 7.82. The number of fused-ring (bicyclic) bond motifs is 1. The summed E-state index contributed by atoms with van der Waals surface area (Å²) >= 11 is 7.98. The molecular weight excluding hydrogens is 422 g/mol. The van der Waals surface area contributed by atoms with Gasteiger partial charge in [-0.25, -0.2) is 0 Å².